The zero-order valence-corrected chi connectivity index (χ0v) is 48.8. The summed E-state index contributed by atoms with van der Waals surface area (Å²) in [6.07, 6.45) is 86.3. The van der Waals surface area contributed by atoms with Crippen LogP contribution in [0.4, 0.5) is 0 Å². The molecule has 0 N–H and O–H groups in total. The molecule has 6 nitrogen and oxygen atoms in total. The van der Waals surface area contributed by atoms with Crippen molar-refractivity contribution in [1.29, 1.82) is 0 Å². The molecule has 0 aromatic carbocycles. The van der Waals surface area contributed by atoms with Crippen molar-refractivity contribution in [3.8, 4) is 0 Å². The molecule has 426 valence electrons. The highest BCUT2D eigenvalue weighted by Gasteiger charge is 2.19. The van der Waals surface area contributed by atoms with Crippen LogP contribution < -0.4 is 0 Å². The summed E-state index contributed by atoms with van der Waals surface area (Å²) in [6, 6.07) is 0. The zero-order valence-electron chi connectivity index (χ0n) is 48.8. The summed E-state index contributed by atoms with van der Waals surface area (Å²) < 4.78 is 16.8. The summed E-state index contributed by atoms with van der Waals surface area (Å²) >= 11 is 0. The minimum Gasteiger partial charge on any atom is -0.462 e. The highest BCUT2D eigenvalue weighted by Crippen LogP contribution is 2.15. The number of allylic oxidation sites excluding steroid dienone is 20. The van der Waals surface area contributed by atoms with E-state index >= 15 is 0 Å². The first kappa shape index (κ1) is 70.8. The van der Waals surface area contributed by atoms with Crippen molar-refractivity contribution in [3.05, 3.63) is 122 Å². The molecule has 1 unspecified atom stereocenters. The Morgan fingerprint density at radius 2 is 0.533 bits per heavy atom. The van der Waals surface area contributed by atoms with Crippen molar-refractivity contribution in [2.24, 2.45) is 0 Å². The van der Waals surface area contributed by atoms with E-state index in [0.29, 0.717) is 19.3 Å². The van der Waals surface area contributed by atoms with Crippen LogP contribution in [0, 0.1) is 0 Å². The fourth-order valence-corrected chi connectivity index (χ4v) is 8.32. The lowest BCUT2D eigenvalue weighted by Crippen LogP contribution is -2.30. The van der Waals surface area contributed by atoms with Crippen molar-refractivity contribution in [3.63, 3.8) is 0 Å². The molecular weight excluding hydrogens is 925 g/mol. The lowest BCUT2D eigenvalue weighted by molar-refractivity contribution is -0.167. The Kier molecular flexibility index (Phi) is 58.9. The molecule has 0 rings (SSSR count). The van der Waals surface area contributed by atoms with E-state index in [9.17, 15) is 14.4 Å². The quantitative estimate of drug-likeness (QED) is 0.0261. The van der Waals surface area contributed by atoms with Crippen molar-refractivity contribution in [1.82, 2.24) is 0 Å². The molecule has 0 saturated heterocycles. The van der Waals surface area contributed by atoms with Crippen molar-refractivity contribution >= 4 is 17.9 Å². The average Bonchev–Trinajstić information content (AvgIpc) is 3.41. The molecule has 0 aromatic heterocycles. The number of unbranched alkanes of at least 4 members (excludes halogenated alkanes) is 24. The first-order valence-electron chi connectivity index (χ1n) is 31.0. The average molecular weight is 1040 g/mol. The van der Waals surface area contributed by atoms with Crippen LogP contribution >= 0.6 is 0 Å². The lowest BCUT2D eigenvalue weighted by Gasteiger charge is -2.18. The highest BCUT2D eigenvalue weighted by atomic mass is 16.6. The van der Waals surface area contributed by atoms with Crippen molar-refractivity contribution in [2.45, 2.75) is 284 Å². The fraction of sp³-hybridized carbons (Fsp3) is 0.667. The van der Waals surface area contributed by atoms with Gasteiger partial charge in [-0.15, -0.1) is 0 Å². The number of esters is 3. The molecule has 0 aromatic rings. The molecule has 75 heavy (non-hydrogen) atoms. The van der Waals surface area contributed by atoms with E-state index in [1.54, 1.807) is 0 Å². The third kappa shape index (κ3) is 60.6. The van der Waals surface area contributed by atoms with E-state index < -0.39 is 6.10 Å². The second-order valence-electron chi connectivity index (χ2n) is 20.2. The summed E-state index contributed by atoms with van der Waals surface area (Å²) in [7, 11) is 0. The third-order valence-electron chi connectivity index (χ3n) is 13.0. The van der Waals surface area contributed by atoms with Gasteiger partial charge >= 0.3 is 17.9 Å². The van der Waals surface area contributed by atoms with Gasteiger partial charge in [-0.2, -0.15) is 0 Å². The number of carbonyl (C=O) groups is 3. The summed E-state index contributed by atoms with van der Waals surface area (Å²) in [4.78, 5) is 38.2. The van der Waals surface area contributed by atoms with Crippen LogP contribution in [-0.2, 0) is 28.6 Å². The summed E-state index contributed by atoms with van der Waals surface area (Å²) in [5, 5.41) is 0. The molecule has 0 aliphatic heterocycles. The van der Waals surface area contributed by atoms with Crippen LogP contribution in [0.3, 0.4) is 0 Å². The Hall–Kier alpha value is -4.19. The minimum atomic E-state index is -0.807. The molecule has 0 saturated carbocycles. The Bertz CT molecular complexity index is 1570. The zero-order chi connectivity index (χ0) is 54.3. The maximum atomic E-state index is 12.9. The van der Waals surface area contributed by atoms with Gasteiger partial charge in [0, 0.05) is 19.3 Å². The smallest absolute Gasteiger partial charge is 0.306 e. The Morgan fingerprint density at radius 1 is 0.280 bits per heavy atom. The molecule has 0 fully saturated rings. The van der Waals surface area contributed by atoms with Crippen LogP contribution in [0.25, 0.3) is 0 Å². The van der Waals surface area contributed by atoms with Gasteiger partial charge in [0.1, 0.15) is 13.2 Å². The normalized spacial score (nSPS) is 12.9. The van der Waals surface area contributed by atoms with E-state index in [1.807, 2.05) is 0 Å². The van der Waals surface area contributed by atoms with E-state index in [2.05, 4.69) is 142 Å². The number of hydrogen-bond donors (Lipinski definition) is 0. The van der Waals surface area contributed by atoms with Gasteiger partial charge < -0.3 is 14.2 Å². The molecule has 6 heteroatoms. The largest absolute Gasteiger partial charge is 0.462 e. The van der Waals surface area contributed by atoms with Gasteiger partial charge in [-0.25, -0.2) is 0 Å². The molecule has 0 amide bonds. The van der Waals surface area contributed by atoms with Crippen LogP contribution in [-0.4, -0.2) is 37.2 Å². The van der Waals surface area contributed by atoms with Crippen LogP contribution in [0.1, 0.15) is 278 Å². The topological polar surface area (TPSA) is 78.9 Å². The van der Waals surface area contributed by atoms with Crippen molar-refractivity contribution in [2.75, 3.05) is 13.2 Å². The number of carbonyl (C=O) groups excluding carboxylic acids is 3. The maximum Gasteiger partial charge on any atom is 0.306 e. The van der Waals surface area contributed by atoms with E-state index in [-0.39, 0.29) is 37.5 Å². The van der Waals surface area contributed by atoms with Crippen LogP contribution in [0.5, 0.6) is 0 Å². The van der Waals surface area contributed by atoms with Gasteiger partial charge in [-0.05, 0) is 109 Å². The SMILES string of the molecule is CC/C=C\C/C=C\C/C=C\C/C=C\C/C=C\C/C=C\C/C=C\C/C=C\C/C=C\CCCC(=O)OCC(COC(=O)CCCCCCCCCCCCCCCC)OC(=O)CCCCCCC/C=C\CCCCCCC. The Labute approximate surface area is 462 Å². The van der Waals surface area contributed by atoms with Crippen molar-refractivity contribution < 1.29 is 28.6 Å². The summed E-state index contributed by atoms with van der Waals surface area (Å²) in [5.41, 5.74) is 0. The Balaban J connectivity index is 4.42. The minimum absolute atomic E-state index is 0.0990. The first-order chi connectivity index (χ1) is 37.0. The second-order valence-corrected chi connectivity index (χ2v) is 20.2. The number of rotatable bonds is 55. The number of hydrogen-bond acceptors (Lipinski definition) is 6. The molecule has 0 aliphatic carbocycles. The standard InChI is InChI=1S/C69H114O6/c1-4-7-10-13-16-19-22-25-28-29-30-31-32-33-34-35-36-37-38-39-40-41-42-45-47-50-53-56-59-62-68(71)74-65-66(75-69(72)63-60-57-54-51-48-44-27-24-21-18-15-12-9-6-3)64-73-67(70)61-58-55-52-49-46-43-26-23-20-17-14-11-8-5-2/h7,10,16,19,24-25,27-28,30-31,33-34,36-37,39-40,42,45,50,53,66H,4-6,8-9,11-15,17-18,20-23,26,29,32,35,38,41,43-44,46-49,51-52,54-65H2,1-3H3/b10-7-,19-16-,27-24-,28-25-,31-30-,34-33-,37-36-,40-39-,45-42-,53-50-. The molecule has 0 heterocycles. The van der Waals surface area contributed by atoms with E-state index in [0.717, 1.165) is 116 Å². The maximum absolute atomic E-state index is 12.9. The van der Waals surface area contributed by atoms with Crippen LogP contribution in [0.2, 0.25) is 0 Å². The molecule has 0 aliphatic rings. The lowest BCUT2D eigenvalue weighted by atomic mass is 10.0. The van der Waals surface area contributed by atoms with Gasteiger partial charge in [0.25, 0.3) is 0 Å². The van der Waals surface area contributed by atoms with Gasteiger partial charge in [0.2, 0.25) is 0 Å². The van der Waals surface area contributed by atoms with Gasteiger partial charge in [0.15, 0.2) is 6.10 Å². The molecule has 0 spiro atoms. The molecule has 0 bridgehead atoms. The molecule has 1 atom stereocenters. The Morgan fingerprint density at radius 3 is 0.880 bits per heavy atom. The monoisotopic (exact) mass is 1040 g/mol. The van der Waals surface area contributed by atoms with E-state index in [4.69, 9.17) is 14.2 Å². The van der Waals surface area contributed by atoms with Gasteiger partial charge in [-0.1, -0.05) is 271 Å². The number of ether oxygens (including phenoxy) is 3. The predicted octanol–water partition coefficient (Wildman–Crippen LogP) is 21.2. The first-order valence-corrected chi connectivity index (χ1v) is 31.0. The van der Waals surface area contributed by atoms with Gasteiger partial charge in [0.05, 0.1) is 0 Å². The predicted molar refractivity (Wildman–Crippen MR) is 325 cm³/mol. The summed E-state index contributed by atoms with van der Waals surface area (Å²) in [5.74, 6) is -0.967. The molecule has 0 radical (unpaired) electrons. The highest BCUT2D eigenvalue weighted by molar-refractivity contribution is 5.71. The van der Waals surface area contributed by atoms with Crippen LogP contribution in [0.15, 0.2) is 122 Å². The van der Waals surface area contributed by atoms with E-state index in [1.165, 1.54) is 116 Å². The second kappa shape index (κ2) is 62.4. The third-order valence-corrected chi connectivity index (χ3v) is 13.0. The fourth-order valence-electron chi connectivity index (χ4n) is 8.32. The van der Waals surface area contributed by atoms with Gasteiger partial charge in [-0.3, -0.25) is 14.4 Å². The summed E-state index contributed by atoms with van der Waals surface area (Å²) in [6.45, 7) is 6.47. The molecular formula is C69H114O6.